The zero-order valence-electron chi connectivity index (χ0n) is 23.4. The van der Waals surface area contributed by atoms with Gasteiger partial charge in [0.2, 0.25) is 0 Å². The molecule has 3 N–H and O–H groups in total. The molecule has 6 atom stereocenters. The zero-order chi connectivity index (χ0) is 29.5. The van der Waals surface area contributed by atoms with Gasteiger partial charge in [-0.1, -0.05) is 39.5 Å². The average molecular weight is 594 g/mol. The number of aromatic amines is 1. The van der Waals surface area contributed by atoms with Crippen LogP contribution in [0.25, 0.3) is 0 Å². The second-order valence-corrected chi connectivity index (χ2v) is 13.4. The van der Waals surface area contributed by atoms with E-state index in [0.717, 1.165) is 11.8 Å². The lowest BCUT2D eigenvalue weighted by Crippen LogP contribution is -2.36. The molecule has 39 heavy (non-hydrogen) atoms. The summed E-state index contributed by atoms with van der Waals surface area (Å²) in [5, 5.41) is 13.2. The standard InChI is InChI=1S/C24H40N3O10PS/c1-14(2)36-21(30)16(4)26-38(33,35-12-13-39-22(31)24(5,6)7)34-11-9-17-19(29)15(3)20(37-17)27-10-8-18(28)25-23(27)32/h8,10,14-17,19-20,29H,9,11-13H2,1-7H3,(H,26,33)(H,25,28,32)/t15-,16+,17+,19-,20+,38+/m0/s1. The van der Waals surface area contributed by atoms with Gasteiger partial charge in [0, 0.05) is 35.8 Å². The molecule has 1 saturated heterocycles. The maximum absolute atomic E-state index is 13.5. The van der Waals surface area contributed by atoms with Crippen molar-refractivity contribution in [2.75, 3.05) is 19.0 Å². The SMILES string of the molecule is CC(C)OC(=O)[C@@H](C)N[P@](=O)(OCCSC(=O)C(C)(C)C)OCC[C@H]1O[C@@H](n2ccc(=O)[nH]c2=O)[C@@H](C)[C@@H]1O. The highest BCUT2D eigenvalue weighted by Gasteiger charge is 2.42. The van der Waals surface area contributed by atoms with Crippen LogP contribution in [0.3, 0.4) is 0 Å². The van der Waals surface area contributed by atoms with Gasteiger partial charge in [-0.15, -0.1) is 0 Å². The predicted molar refractivity (Wildman–Crippen MR) is 145 cm³/mol. The summed E-state index contributed by atoms with van der Waals surface area (Å²) in [6, 6.07) is 0.158. The second-order valence-electron chi connectivity index (χ2n) is 10.6. The highest BCUT2D eigenvalue weighted by atomic mass is 32.2. The summed E-state index contributed by atoms with van der Waals surface area (Å²) in [5.74, 6) is -0.927. The summed E-state index contributed by atoms with van der Waals surface area (Å²) >= 11 is 1.04. The minimum absolute atomic E-state index is 0.0543. The van der Waals surface area contributed by atoms with Gasteiger partial charge in [0.1, 0.15) is 12.3 Å². The molecule has 1 aromatic rings. The Labute approximate surface area is 231 Å². The van der Waals surface area contributed by atoms with Gasteiger partial charge in [-0.3, -0.25) is 33.0 Å². The number of nitrogens with one attached hydrogen (secondary N) is 2. The lowest BCUT2D eigenvalue weighted by Gasteiger charge is -2.24. The minimum atomic E-state index is -4.06. The van der Waals surface area contributed by atoms with Crippen LogP contribution < -0.4 is 16.3 Å². The van der Waals surface area contributed by atoms with Crippen molar-refractivity contribution in [2.45, 2.75) is 85.5 Å². The van der Waals surface area contributed by atoms with E-state index in [-0.39, 0.29) is 36.6 Å². The molecule has 1 aromatic heterocycles. The Balaban J connectivity index is 2.04. The van der Waals surface area contributed by atoms with Crippen molar-refractivity contribution < 1.29 is 37.8 Å². The molecule has 1 fully saturated rings. The summed E-state index contributed by atoms with van der Waals surface area (Å²) < 4.78 is 36.8. The number of hydrogen-bond donors (Lipinski definition) is 3. The maximum atomic E-state index is 13.5. The fourth-order valence-corrected chi connectivity index (χ4v) is 6.00. The Morgan fingerprint density at radius 3 is 2.46 bits per heavy atom. The van der Waals surface area contributed by atoms with E-state index >= 15 is 0 Å². The molecule has 2 rings (SSSR count). The Morgan fingerprint density at radius 1 is 1.23 bits per heavy atom. The number of esters is 1. The molecule has 0 radical (unpaired) electrons. The Hall–Kier alpha value is -1.80. The molecular weight excluding hydrogens is 553 g/mol. The predicted octanol–water partition coefficient (Wildman–Crippen LogP) is 2.20. The molecule has 0 aliphatic carbocycles. The van der Waals surface area contributed by atoms with E-state index in [1.54, 1.807) is 41.5 Å². The minimum Gasteiger partial charge on any atom is -0.462 e. The third-order valence-corrected chi connectivity index (χ3v) is 8.71. The molecule has 0 bridgehead atoms. The van der Waals surface area contributed by atoms with Gasteiger partial charge < -0.3 is 14.6 Å². The molecule has 1 aliphatic heterocycles. The van der Waals surface area contributed by atoms with Crippen molar-refractivity contribution in [3.05, 3.63) is 33.1 Å². The smallest absolute Gasteiger partial charge is 0.406 e. The van der Waals surface area contributed by atoms with Crippen molar-refractivity contribution in [3.8, 4) is 0 Å². The zero-order valence-corrected chi connectivity index (χ0v) is 25.1. The first kappa shape index (κ1) is 33.4. The van der Waals surface area contributed by atoms with E-state index in [1.165, 1.54) is 23.8 Å². The average Bonchev–Trinajstić information content (AvgIpc) is 3.09. The third-order valence-electron chi connectivity index (χ3n) is 5.72. The number of aliphatic hydroxyl groups is 1. The van der Waals surface area contributed by atoms with E-state index in [9.17, 15) is 28.8 Å². The second kappa shape index (κ2) is 14.2. The Kier molecular flexibility index (Phi) is 12.2. The van der Waals surface area contributed by atoms with E-state index in [2.05, 4.69) is 10.1 Å². The summed E-state index contributed by atoms with van der Waals surface area (Å²) in [5.41, 5.74) is -1.77. The number of carbonyl (C=O) groups excluding carboxylic acids is 2. The van der Waals surface area contributed by atoms with Crippen LogP contribution in [-0.4, -0.2) is 69.1 Å². The molecule has 0 amide bonds. The fourth-order valence-electron chi connectivity index (χ4n) is 3.61. The summed E-state index contributed by atoms with van der Waals surface area (Å²) in [4.78, 5) is 50.1. The van der Waals surface area contributed by atoms with E-state index in [4.69, 9.17) is 18.5 Å². The quantitative estimate of drug-likeness (QED) is 0.173. The highest BCUT2D eigenvalue weighted by Crippen LogP contribution is 2.45. The van der Waals surface area contributed by atoms with Crippen LogP contribution in [0.1, 0.15) is 61.1 Å². The summed E-state index contributed by atoms with van der Waals surface area (Å²) in [7, 11) is -4.06. The van der Waals surface area contributed by atoms with Gasteiger partial charge >= 0.3 is 19.4 Å². The van der Waals surface area contributed by atoms with Crippen LogP contribution >= 0.6 is 19.5 Å². The summed E-state index contributed by atoms with van der Waals surface area (Å²) in [6.07, 6.45) is -1.60. The van der Waals surface area contributed by atoms with Gasteiger partial charge in [-0.05, 0) is 20.8 Å². The molecule has 0 saturated carbocycles. The molecule has 0 spiro atoms. The topological polar surface area (TPSA) is 175 Å². The van der Waals surface area contributed by atoms with Gasteiger partial charge in [0.15, 0.2) is 5.12 Å². The summed E-state index contributed by atoms with van der Waals surface area (Å²) in [6.45, 7) is 11.6. The molecular formula is C24H40N3O10PS. The van der Waals surface area contributed by atoms with Gasteiger partial charge in [-0.2, -0.15) is 0 Å². The number of aliphatic hydroxyl groups excluding tert-OH is 1. The fraction of sp³-hybridized carbons (Fsp3) is 0.750. The van der Waals surface area contributed by atoms with E-state index < -0.39 is 60.8 Å². The van der Waals surface area contributed by atoms with Crippen LogP contribution in [0.4, 0.5) is 0 Å². The number of ether oxygens (including phenoxy) is 2. The van der Waals surface area contributed by atoms with Crippen LogP contribution in [0.15, 0.2) is 21.9 Å². The van der Waals surface area contributed by atoms with Crippen LogP contribution in [0.5, 0.6) is 0 Å². The Bertz CT molecular complexity index is 1150. The van der Waals surface area contributed by atoms with Crippen molar-refractivity contribution in [1.82, 2.24) is 14.6 Å². The number of aromatic nitrogens is 2. The first-order chi connectivity index (χ1) is 18.0. The molecule has 0 unspecified atom stereocenters. The molecule has 222 valence electrons. The van der Waals surface area contributed by atoms with E-state index in [1.807, 2.05) is 0 Å². The van der Waals surface area contributed by atoms with Crippen molar-refractivity contribution in [2.24, 2.45) is 11.3 Å². The number of thioether (sulfide) groups is 1. The Morgan fingerprint density at radius 2 is 1.87 bits per heavy atom. The molecule has 15 heteroatoms. The number of carbonyl (C=O) groups is 2. The van der Waals surface area contributed by atoms with Gasteiger partial charge in [0.05, 0.1) is 31.5 Å². The molecule has 2 heterocycles. The van der Waals surface area contributed by atoms with Gasteiger partial charge in [0.25, 0.3) is 5.56 Å². The number of H-pyrrole nitrogens is 1. The first-order valence-electron chi connectivity index (χ1n) is 12.7. The van der Waals surface area contributed by atoms with E-state index in [0.29, 0.717) is 0 Å². The lowest BCUT2D eigenvalue weighted by molar-refractivity contribution is -0.149. The molecule has 1 aliphatic rings. The number of hydrogen-bond acceptors (Lipinski definition) is 11. The van der Waals surface area contributed by atoms with Crippen LogP contribution in [0, 0.1) is 11.3 Å². The van der Waals surface area contributed by atoms with Crippen LogP contribution in [0.2, 0.25) is 0 Å². The van der Waals surface area contributed by atoms with Crippen molar-refractivity contribution >= 4 is 30.6 Å². The first-order valence-corrected chi connectivity index (χ1v) is 15.3. The van der Waals surface area contributed by atoms with Crippen molar-refractivity contribution in [3.63, 3.8) is 0 Å². The largest absolute Gasteiger partial charge is 0.462 e. The maximum Gasteiger partial charge on any atom is 0.406 e. The monoisotopic (exact) mass is 593 g/mol. The molecule has 13 nitrogen and oxygen atoms in total. The highest BCUT2D eigenvalue weighted by molar-refractivity contribution is 8.13. The normalized spacial score (nSPS) is 23.9. The number of nitrogens with zero attached hydrogens (tertiary/aromatic N) is 1. The van der Waals surface area contributed by atoms with Crippen molar-refractivity contribution in [1.29, 1.82) is 0 Å². The molecule has 0 aromatic carbocycles. The van der Waals surface area contributed by atoms with Crippen LogP contribution in [-0.2, 0) is 32.7 Å². The number of rotatable bonds is 13. The lowest BCUT2D eigenvalue weighted by atomic mass is 10.00. The van der Waals surface area contributed by atoms with Gasteiger partial charge in [-0.25, -0.2) is 14.4 Å². The third kappa shape index (κ3) is 9.96.